The lowest BCUT2D eigenvalue weighted by Crippen LogP contribution is -2.38. The average molecular weight is 279 g/mol. The van der Waals surface area contributed by atoms with Gasteiger partial charge in [-0.05, 0) is 6.92 Å². The summed E-state index contributed by atoms with van der Waals surface area (Å²) < 4.78 is 5.47. The van der Waals surface area contributed by atoms with E-state index in [4.69, 9.17) is 4.42 Å². The third-order valence-corrected chi connectivity index (χ3v) is 2.83. The molecule has 0 fully saturated rings. The molecular weight excluding hydrogens is 262 g/mol. The van der Waals surface area contributed by atoms with E-state index in [-0.39, 0.29) is 24.2 Å². The number of amides is 2. The van der Waals surface area contributed by atoms with Crippen molar-refractivity contribution in [1.82, 2.24) is 20.9 Å². The summed E-state index contributed by atoms with van der Waals surface area (Å²) in [6, 6.07) is -0.414. The van der Waals surface area contributed by atoms with E-state index in [9.17, 15) is 9.59 Å². The Kier molecular flexibility index (Phi) is 4.11. The maximum Gasteiger partial charge on any atom is 0.268 e. The second-order valence-corrected chi connectivity index (χ2v) is 4.92. The van der Waals surface area contributed by atoms with Crippen LogP contribution in [0.3, 0.4) is 0 Å². The van der Waals surface area contributed by atoms with Gasteiger partial charge in [0, 0.05) is 18.8 Å². The lowest BCUT2D eigenvalue weighted by molar-refractivity contribution is -0.121. The van der Waals surface area contributed by atoms with Crippen molar-refractivity contribution in [2.75, 3.05) is 0 Å². The maximum atomic E-state index is 11.9. The van der Waals surface area contributed by atoms with Crippen molar-refractivity contribution >= 4 is 17.5 Å². The Hall–Kier alpha value is -2.25. The monoisotopic (exact) mass is 279 g/mol. The molecule has 1 aromatic rings. The molecule has 0 aliphatic carbocycles. The molecule has 8 heteroatoms. The van der Waals surface area contributed by atoms with Gasteiger partial charge in [-0.2, -0.15) is 5.10 Å². The van der Waals surface area contributed by atoms with Crippen LogP contribution in [-0.2, 0) is 9.59 Å². The minimum Gasteiger partial charge on any atom is -0.423 e. The van der Waals surface area contributed by atoms with E-state index < -0.39 is 6.04 Å². The minimum atomic E-state index is -0.414. The average Bonchev–Trinajstić information content (AvgIpc) is 2.89. The molecule has 0 spiro atoms. The smallest absolute Gasteiger partial charge is 0.268 e. The number of rotatable bonds is 4. The molecule has 2 amide bonds. The first-order valence-corrected chi connectivity index (χ1v) is 6.47. The van der Waals surface area contributed by atoms with E-state index in [1.54, 1.807) is 6.92 Å². The molecule has 2 rings (SSSR count). The van der Waals surface area contributed by atoms with E-state index in [1.165, 1.54) is 0 Å². The largest absolute Gasteiger partial charge is 0.423 e. The number of carbonyl (C=O) groups is 2. The Bertz CT molecular complexity index is 549. The Morgan fingerprint density at radius 2 is 1.95 bits per heavy atom. The van der Waals surface area contributed by atoms with Crippen LogP contribution in [-0.4, -0.2) is 27.7 Å². The second kappa shape index (κ2) is 5.81. The van der Waals surface area contributed by atoms with E-state index in [1.807, 2.05) is 13.8 Å². The summed E-state index contributed by atoms with van der Waals surface area (Å²) in [6.07, 6.45) is 0.587. The number of hydrazone groups is 1. The molecular formula is C12H17N5O3. The highest BCUT2D eigenvalue weighted by atomic mass is 16.4. The zero-order valence-corrected chi connectivity index (χ0v) is 11.6. The van der Waals surface area contributed by atoms with Gasteiger partial charge in [-0.25, -0.2) is 5.43 Å². The molecule has 0 radical (unpaired) electrons. The molecule has 0 saturated heterocycles. The Morgan fingerprint density at radius 1 is 1.25 bits per heavy atom. The molecule has 1 aliphatic rings. The van der Waals surface area contributed by atoms with E-state index in [0.717, 1.165) is 0 Å². The fourth-order valence-corrected chi connectivity index (χ4v) is 1.63. The summed E-state index contributed by atoms with van der Waals surface area (Å²) in [7, 11) is 0. The minimum absolute atomic E-state index is 0.136. The van der Waals surface area contributed by atoms with Crippen LogP contribution in [0.2, 0.25) is 0 Å². The first-order chi connectivity index (χ1) is 9.47. The van der Waals surface area contributed by atoms with Gasteiger partial charge < -0.3 is 9.73 Å². The second-order valence-electron chi connectivity index (χ2n) is 4.92. The van der Waals surface area contributed by atoms with Gasteiger partial charge in [0.1, 0.15) is 11.8 Å². The van der Waals surface area contributed by atoms with Crippen LogP contribution in [0.15, 0.2) is 9.52 Å². The molecule has 0 aromatic carbocycles. The number of carbonyl (C=O) groups excluding carboxylic acids is 2. The molecule has 0 bridgehead atoms. The number of nitrogens with zero attached hydrogens (tertiary/aromatic N) is 3. The normalized spacial score (nSPS) is 16.6. The van der Waals surface area contributed by atoms with Gasteiger partial charge in [-0.1, -0.05) is 13.8 Å². The number of aromatic nitrogens is 2. The topological polar surface area (TPSA) is 109 Å². The highest BCUT2D eigenvalue weighted by Crippen LogP contribution is 2.16. The highest BCUT2D eigenvalue weighted by Gasteiger charge is 2.22. The zero-order valence-electron chi connectivity index (χ0n) is 11.6. The number of hydrogen-bond donors (Lipinski definition) is 2. The molecule has 8 nitrogen and oxygen atoms in total. The van der Waals surface area contributed by atoms with Crippen molar-refractivity contribution in [2.24, 2.45) is 5.10 Å². The number of hydrogen-bond acceptors (Lipinski definition) is 6. The SMILES string of the molecule is CC(C)c1nnc([C@@H](C)NC(=O)C2=NNC(=O)CC2)o1. The Balaban J connectivity index is 1.98. The summed E-state index contributed by atoms with van der Waals surface area (Å²) >= 11 is 0. The summed E-state index contributed by atoms with van der Waals surface area (Å²) in [5.74, 6) is 0.484. The Morgan fingerprint density at radius 3 is 2.50 bits per heavy atom. The van der Waals surface area contributed by atoms with Crippen molar-refractivity contribution in [3.8, 4) is 0 Å². The van der Waals surface area contributed by atoms with E-state index in [0.29, 0.717) is 23.9 Å². The molecule has 1 atom stereocenters. The van der Waals surface area contributed by atoms with Gasteiger partial charge in [0.2, 0.25) is 17.7 Å². The molecule has 1 aliphatic heterocycles. The fourth-order valence-electron chi connectivity index (χ4n) is 1.63. The number of nitrogens with one attached hydrogen (secondary N) is 2. The van der Waals surface area contributed by atoms with Crippen molar-refractivity contribution < 1.29 is 14.0 Å². The van der Waals surface area contributed by atoms with Crippen molar-refractivity contribution in [3.63, 3.8) is 0 Å². The van der Waals surface area contributed by atoms with Crippen LogP contribution in [0.25, 0.3) is 0 Å². The van der Waals surface area contributed by atoms with Crippen LogP contribution in [0, 0.1) is 0 Å². The molecule has 2 heterocycles. The van der Waals surface area contributed by atoms with Crippen LogP contribution >= 0.6 is 0 Å². The molecule has 108 valence electrons. The molecule has 20 heavy (non-hydrogen) atoms. The molecule has 0 saturated carbocycles. The van der Waals surface area contributed by atoms with E-state index in [2.05, 4.69) is 26.0 Å². The first-order valence-electron chi connectivity index (χ1n) is 6.47. The third-order valence-electron chi connectivity index (χ3n) is 2.83. The highest BCUT2D eigenvalue weighted by molar-refractivity contribution is 6.39. The zero-order chi connectivity index (χ0) is 14.7. The summed E-state index contributed by atoms with van der Waals surface area (Å²) in [5.41, 5.74) is 2.57. The van der Waals surface area contributed by atoms with Gasteiger partial charge in [0.05, 0.1) is 0 Å². The maximum absolute atomic E-state index is 11.9. The standard InChI is InChI=1S/C12H17N5O3/c1-6(2)11-16-17-12(20-11)7(3)13-10(19)8-4-5-9(18)15-14-8/h6-7H,4-5H2,1-3H3,(H,13,19)(H,15,18)/t7-/m1/s1. The summed E-state index contributed by atoms with van der Waals surface area (Å²) in [5, 5.41) is 14.3. The predicted octanol–water partition coefficient (Wildman–Crippen LogP) is 0.636. The summed E-state index contributed by atoms with van der Waals surface area (Å²) in [4.78, 5) is 22.9. The van der Waals surface area contributed by atoms with Crippen LogP contribution in [0.5, 0.6) is 0 Å². The van der Waals surface area contributed by atoms with Gasteiger partial charge in [-0.15, -0.1) is 10.2 Å². The van der Waals surface area contributed by atoms with Gasteiger partial charge >= 0.3 is 0 Å². The lowest BCUT2D eigenvalue weighted by Gasteiger charge is -2.14. The summed E-state index contributed by atoms with van der Waals surface area (Å²) in [6.45, 7) is 5.64. The van der Waals surface area contributed by atoms with Crippen LogP contribution < -0.4 is 10.7 Å². The molecule has 1 aromatic heterocycles. The molecule has 0 unspecified atom stereocenters. The fraction of sp³-hybridized carbons (Fsp3) is 0.583. The quantitative estimate of drug-likeness (QED) is 0.840. The lowest BCUT2D eigenvalue weighted by atomic mass is 10.1. The van der Waals surface area contributed by atoms with Crippen molar-refractivity contribution in [2.45, 2.75) is 45.6 Å². The predicted molar refractivity (Wildman–Crippen MR) is 69.8 cm³/mol. The van der Waals surface area contributed by atoms with Crippen molar-refractivity contribution in [1.29, 1.82) is 0 Å². The third kappa shape index (κ3) is 3.19. The van der Waals surface area contributed by atoms with E-state index >= 15 is 0 Å². The van der Waals surface area contributed by atoms with Crippen LogP contribution in [0.1, 0.15) is 57.4 Å². The van der Waals surface area contributed by atoms with Crippen molar-refractivity contribution in [3.05, 3.63) is 11.8 Å². The van der Waals surface area contributed by atoms with Crippen LogP contribution in [0.4, 0.5) is 0 Å². The molecule has 2 N–H and O–H groups in total. The van der Waals surface area contributed by atoms with Gasteiger partial charge in [0.15, 0.2) is 0 Å². The van der Waals surface area contributed by atoms with Gasteiger partial charge in [0.25, 0.3) is 5.91 Å². The first kappa shape index (κ1) is 14.2. The van der Waals surface area contributed by atoms with Gasteiger partial charge in [-0.3, -0.25) is 9.59 Å². The Labute approximate surface area is 116 Å².